The second-order valence-electron chi connectivity index (χ2n) is 9.01. The van der Waals surface area contributed by atoms with Crippen LogP contribution in [0.5, 0.6) is 5.75 Å². The molecule has 1 heterocycles. The predicted octanol–water partition coefficient (Wildman–Crippen LogP) is 4.70. The van der Waals surface area contributed by atoms with Crippen LogP contribution in [0.2, 0.25) is 0 Å². The molecular formula is C21H34N2O4S. The number of carbonyl (C=O) groups is 1. The van der Waals surface area contributed by atoms with Crippen molar-refractivity contribution >= 4 is 15.8 Å². The second kappa shape index (κ2) is 8.72. The Balaban J connectivity index is 2.05. The molecule has 0 saturated carbocycles. The Hall–Kier alpha value is -1.76. The van der Waals surface area contributed by atoms with Gasteiger partial charge >= 0.3 is 6.09 Å². The summed E-state index contributed by atoms with van der Waals surface area (Å²) in [6.07, 6.45) is 3.28. The molecule has 28 heavy (non-hydrogen) atoms. The molecule has 1 aliphatic heterocycles. The van der Waals surface area contributed by atoms with E-state index >= 15 is 0 Å². The van der Waals surface area contributed by atoms with Gasteiger partial charge in [-0.25, -0.2) is 13.8 Å². The molecule has 0 bridgehead atoms. The van der Waals surface area contributed by atoms with Gasteiger partial charge in [0.15, 0.2) is 0 Å². The quantitative estimate of drug-likeness (QED) is 0.763. The van der Waals surface area contributed by atoms with E-state index in [9.17, 15) is 9.00 Å². The third kappa shape index (κ3) is 6.69. The van der Waals surface area contributed by atoms with Crippen LogP contribution in [0, 0.1) is 10.7 Å². The third-order valence-corrected chi connectivity index (χ3v) is 5.62. The summed E-state index contributed by atoms with van der Waals surface area (Å²) < 4.78 is 32.1. The summed E-state index contributed by atoms with van der Waals surface area (Å²) in [7, 11) is -2.90. The lowest BCUT2D eigenvalue weighted by atomic mass is 10.0. The van der Waals surface area contributed by atoms with Crippen molar-refractivity contribution in [2.45, 2.75) is 70.5 Å². The number of piperidine rings is 1. The van der Waals surface area contributed by atoms with Crippen molar-refractivity contribution in [2.24, 2.45) is 5.92 Å². The van der Waals surface area contributed by atoms with E-state index < -0.39 is 15.3 Å². The molecule has 0 spiro atoms. The van der Waals surface area contributed by atoms with E-state index in [4.69, 9.17) is 14.3 Å². The van der Waals surface area contributed by atoms with Crippen LogP contribution in [-0.4, -0.2) is 46.3 Å². The molecule has 0 radical (unpaired) electrons. The van der Waals surface area contributed by atoms with Gasteiger partial charge in [-0.05, 0) is 50.8 Å². The fourth-order valence-corrected chi connectivity index (χ4v) is 4.09. The number of amides is 1. The molecule has 1 fully saturated rings. The highest BCUT2D eigenvalue weighted by molar-refractivity contribution is 7.91. The number of likely N-dealkylation sites (tertiary alicyclic amines) is 1. The minimum atomic E-state index is -2.90. The molecule has 6 nitrogen and oxygen atoms in total. The average molecular weight is 411 g/mol. The van der Waals surface area contributed by atoms with Gasteiger partial charge in [0.1, 0.15) is 17.5 Å². The van der Waals surface area contributed by atoms with Crippen molar-refractivity contribution in [3.05, 3.63) is 23.8 Å². The maximum absolute atomic E-state index is 12.5. The molecule has 2 rings (SSSR count). The van der Waals surface area contributed by atoms with Crippen molar-refractivity contribution in [3.63, 3.8) is 0 Å². The topological polar surface area (TPSA) is 79.7 Å². The first-order chi connectivity index (χ1) is 12.8. The molecule has 7 heteroatoms. The molecule has 1 unspecified atom stereocenters. The molecule has 1 aromatic carbocycles. The zero-order chi connectivity index (χ0) is 21.1. The first-order valence-corrected chi connectivity index (χ1v) is 11.8. The number of carbonyl (C=O) groups excluding carboxylic acids is 1. The Kier molecular flexibility index (Phi) is 7.02. The minimum absolute atomic E-state index is 0.0739. The van der Waals surface area contributed by atoms with Crippen LogP contribution in [0.25, 0.3) is 0 Å². The first kappa shape index (κ1) is 22.5. The van der Waals surface area contributed by atoms with E-state index in [1.165, 1.54) is 6.26 Å². The van der Waals surface area contributed by atoms with Crippen molar-refractivity contribution in [3.8, 4) is 5.75 Å². The molecular weight excluding hydrogens is 376 g/mol. The lowest BCUT2D eigenvalue weighted by Gasteiger charge is -2.33. The van der Waals surface area contributed by atoms with E-state index in [1.54, 1.807) is 4.90 Å². The Morgan fingerprint density at radius 3 is 2.39 bits per heavy atom. The molecule has 0 aromatic heterocycles. The summed E-state index contributed by atoms with van der Waals surface area (Å²) in [6.45, 7) is 10.9. The number of hydrogen-bond acceptors (Lipinski definition) is 5. The largest absolute Gasteiger partial charge is 0.489 e. The van der Waals surface area contributed by atoms with Crippen LogP contribution >= 0.6 is 0 Å². The first-order valence-electron chi connectivity index (χ1n) is 9.86. The summed E-state index contributed by atoms with van der Waals surface area (Å²) in [5.41, 5.74) is 0.561. The monoisotopic (exact) mass is 410 g/mol. The van der Waals surface area contributed by atoms with E-state index in [-0.39, 0.29) is 12.2 Å². The van der Waals surface area contributed by atoms with Crippen molar-refractivity contribution in [2.75, 3.05) is 19.3 Å². The number of ether oxygens (including phenoxy) is 2. The van der Waals surface area contributed by atoms with Crippen LogP contribution in [0.4, 0.5) is 4.79 Å². The van der Waals surface area contributed by atoms with Gasteiger partial charge in [0.2, 0.25) is 0 Å². The van der Waals surface area contributed by atoms with Crippen molar-refractivity contribution in [1.82, 2.24) is 4.90 Å². The van der Waals surface area contributed by atoms with Gasteiger partial charge < -0.3 is 14.4 Å². The number of nitrogens with zero attached hydrogens (tertiary/aromatic N) is 1. The predicted molar refractivity (Wildman–Crippen MR) is 111 cm³/mol. The highest BCUT2D eigenvalue weighted by Crippen LogP contribution is 2.29. The van der Waals surface area contributed by atoms with Crippen molar-refractivity contribution < 1.29 is 18.5 Å². The second-order valence-corrected chi connectivity index (χ2v) is 11.1. The van der Waals surface area contributed by atoms with E-state index in [1.807, 2.05) is 39.0 Å². The van der Waals surface area contributed by atoms with Gasteiger partial charge in [-0.1, -0.05) is 19.9 Å². The number of rotatable bonds is 5. The summed E-state index contributed by atoms with van der Waals surface area (Å²) in [4.78, 5) is 14.3. The lowest BCUT2D eigenvalue weighted by molar-refractivity contribution is 0.0124. The Morgan fingerprint density at radius 2 is 1.89 bits per heavy atom. The lowest BCUT2D eigenvalue weighted by Crippen LogP contribution is -2.44. The summed E-state index contributed by atoms with van der Waals surface area (Å²) >= 11 is 0. The normalized spacial score (nSPS) is 18.0. The van der Waals surface area contributed by atoms with Crippen LogP contribution < -0.4 is 4.74 Å². The van der Waals surface area contributed by atoms with Gasteiger partial charge in [0.05, 0.1) is 14.6 Å². The molecule has 1 amide bonds. The van der Waals surface area contributed by atoms with Gasteiger partial charge in [0, 0.05) is 32.2 Å². The summed E-state index contributed by atoms with van der Waals surface area (Å²) in [6, 6.07) is 5.67. The van der Waals surface area contributed by atoms with Gasteiger partial charge in [0.25, 0.3) is 0 Å². The summed E-state index contributed by atoms with van der Waals surface area (Å²) in [5.74, 6) is 1.00. The molecule has 0 aliphatic carbocycles. The molecule has 1 atom stereocenters. The van der Waals surface area contributed by atoms with Crippen molar-refractivity contribution in [1.29, 1.82) is 4.78 Å². The molecule has 1 aliphatic rings. The minimum Gasteiger partial charge on any atom is -0.489 e. The third-order valence-electron chi connectivity index (χ3n) is 4.46. The van der Waals surface area contributed by atoms with E-state index in [2.05, 4.69) is 13.8 Å². The fraction of sp³-hybridized carbons (Fsp3) is 0.667. The zero-order valence-corrected chi connectivity index (χ0v) is 18.7. The van der Waals surface area contributed by atoms with Crippen LogP contribution in [0.1, 0.15) is 53.0 Å². The molecule has 1 N–H and O–H groups in total. The fourth-order valence-electron chi connectivity index (χ4n) is 3.21. The Bertz CT molecular complexity index is 789. The van der Waals surface area contributed by atoms with Gasteiger partial charge in [-0.3, -0.25) is 0 Å². The Labute approximate surface area is 169 Å². The smallest absolute Gasteiger partial charge is 0.410 e. The highest BCUT2D eigenvalue weighted by atomic mass is 32.2. The molecule has 158 valence electrons. The average Bonchev–Trinajstić information content (AvgIpc) is 2.54. The molecule has 1 saturated heterocycles. The maximum Gasteiger partial charge on any atom is 0.410 e. The van der Waals surface area contributed by atoms with Gasteiger partial charge in [-0.15, -0.1) is 0 Å². The molecule has 1 aromatic rings. The van der Waals surface area contributed by atoms with Crippen LogP contribution in [0.3, 0.4) is 0 Å². The van der Waals surface area contributed by atoms with Crippen LogP contribution in [0.15, 0.2) is 23.1 Å². The summed E-state index contributed by atoms with van der Waals surface area (Å²) in [5, 5.41) is 0. The Morgan fingerprint density at radius 1 is 1.29 bits per heavy atom. The van der Waals surface area contributed by atoms with E-state index in [0.717, 1.165) is 12.0 Å². The zero-order valence-electron chi connectivity index (χ0n) is 17.9. The SMILES string of the molecule is CC(C)Cc1ccc(OC2CCN(C(=O)OC(C)(C)C)CC2)c(S(C)(=N)=O)c1. The van der Waals surface area contributed by atoms with Crippen LogP contribution in [-0.2, 0) is 20.9 Å². The van der Waals surface area contributed by atoms with E-state index in [0.29, 0.717) is 42.5 Å². The highest BCUT2D eigenvalue weighted by Gasteiger charge is 2.28. The standard InChI is InChI=1S/C21H34N2O4S/c1-15(2)13-16-7-8-18(19(14-16)28(6,22)25)26-17-9-11-23(12-10-17)20(24)27-21(3,4)5/h7-8,14-15,17,22H,9-13H2,1-6H3. The van der Waals surface area contributed by atoms with Gasteiger partial charge in [-0.2, -0.15) is 0 Å². The number of nitrogens with one attached hydrogen (secondary N) is 1. The maximum atomic E-state index is 12.5. The number of hydrogen-bond donors (Lipinski definition) is 1. The number of benzene rings is 1.